The number of non-ortho nitro benzene ring substituents is 1. The van der Waals surface area contributed by atoms with E-state index in [4.69, 9.17) is 9.62 Å². The molecule has 0 saturated heterocycles. The van der Waals surface area contributed by atoms with Crippen LogP contribution in [0.2, 0.25) is 0 Å². The maximum absolute atomic E-state index is 11.2. The average molecular weight is 262 g/mol. The van der Waals surface area contributed by atoms with E-state index in [1.165, 1.54) is 29.7 Å². The fourth-order valence-electron chi connectivity index (χ4n) is 1.65. The van der Waals surface area contributed by atoms with Gasteiger partial charge in [0.1, 0.15) is 5.76 Å². The van der Waals surface area contributed by atoms with E-state index in [0.29, 0.717) is 11.3 Å². The zero-order chi connectivity index (χ0) is 14.0. The van der Waals surface area contributed by atoms with Crippen LogP contribution in [0.25, 0.3) is 11.3 Å². The molecule has 0 bridgehead atoms. The lowest BCUT2D eigenvalue weighted by Gasteiger charge is -2.02. The van der Waals surface area contributed by atoms with E-state index < -0.39 is 10.8 Å². The third-order valence-electron chi connectivity index (χ3n) is 2.63. The van der Waals surface area contributed by atoms with Gasteiger partial charge in [-0.25, -0.2) is 5.48 Å². The third kappa shape index (κ3) is 2.45. The Morgan fingerprint density at radius 2 is 2.11 bits per heavy atom. The molecule has 1 aromatic heterocycles. The van der Waals surface area contributed by atoms with Crippen LogP contribution in [-0.2, 0) is 0 Å². The van der Waals surface area contributed by atoms with Gasteiger partial charge in [-0.3, -0.25) is 20.1 Å². The average Bonchev–Trinajstić information content (AvgIpc) is 2.87. The number of hydrogen-bond acceptors (Lipinski definition) is 5. The van der Waals surface area contributed by atoms with E-state index in [-0.39, 0.29) is 11.4 Å². The van der Waals surface area contributed by atoms with Crippen molar-refractivity contribution in [1.29, 1.82) is 0 Å². The van der Waals surface area contributed by atoms with Gasteiger partial charge in [0.15, 0.2) is 5.76 Å². The van der Waals surface area contributed by atoms with E-state index >= 15 is 0 Å². The van der Waals surface area contributed by atoms with Crippen LogP contribution < -0.4 is 5.48 Å². The maximum Gasteiger partial charge on any atom is 0.310 e. The van der Waals surface area contributed by atoms with Gasteiger partial charge in [0.25, 0.3) is 5.69 Å². The summed E-state index contributed by atoms with van der Waals surface area (Å²) < 4.78 is 5.24. The number of amides is 1. The molecule has 7 heteroatoms. The number of carbonyl (C=O) groups excluding carboxylic acids is 1. The second kappa shape index (κ2) is 4.91. The predicted molar refractivity (Wildman–Crippen MR) is 64.8 cm³/mol. The highest BCUT2D eigenvalue weighted by atomic mass is 16.6. The van der Waals surface area contributed by atoms with Crippen LogP contribution in [0.15, 0.2) is 34.7 Å². The summed E-state index contributed by atoms with van der Waals surface area (Å²) in [5, 5.41) is 19.2. The molecular formula is C12H10N2O5. The molecule has 0 fully saturated rings. The number of rotatable bonds is 3. The van der Waals surface area contributed by atoms with Gasteiger partial charge < -0.3 is 4.42 Å². The summed E-state index contributed by atoms with van der Waals surface area (Å²) in [6, 6.07) is 7.25. The Hall–Kier alpha value is -2.67. The molecule has 0 unspecified atom stereocenters. The Balaban J connectivity index is 2.46. The van der Waals surface area contributed by atoms with Crippen LogP contribution in [0.3, 0.4) is 0 Å². The monoisotopic (exact) mass is 262 g/mol. The third-order valence-corrected chi connectivity index (χ3v) is 2.63. The van der Waals surface area contributed by atoms with Crippen molar-refractivity contribution >= 4 is 11.6 Å². The molecule has 0 atom stereocenters. The Morgan fingerprint density at radius 3 is 2.74 bits per heavy atom. The van der Waals surface area contributed by atoms with Crippen LogP contribution >= 0.6 is 0 Å². The first-order valence-electron chi connectivity index (χ1n) is 5.32. The summed E-state index contributed by atoms with van der Waals surface area (Å²) in [5.74, 6) is -0.544. The SMILES string of the molecule is Cc1ccc([N+](=O)[O-])cc1-c1ccc(C(=O)NO)o1. The number of aryl methyl sites for hydroxylation is 1. The summed E-state index contributed by atoms with van der Waals surface area (Å²) in [7, 11) is 0. The maximum atomic E-state index is 11.2. The Morgan fingerprint density at radius 1 is 1.37 bits per heavy atom. The van der Waals surface area contributed by atoms with Crippen molar-refractivity contribution in [2.75, 3.05) is 0 Å². The zero-order valence-electron chi connectivity index (χ0n) is 9.91. The normalized spacial score (nSPS) is 10.2. The highest BCUT2D eigenvalue weighted by Crippen LogP contribution is 2.29. The highest BCUT2D eigenvalue weighted by Gasteiger charge is 2.15. The molecule has 1 aromatic carbocycles. The first kappa shape index (κ1) is 12.8. The fraction of sp³-hybridized carbons (Fsp3) is 0.0833. The van der Waals surface area contributed by atoms with Gasteiger partial charge in [-0.1, -0.05) is 6.07 Å². The smallest absolute Gasteiger partial charge is 0.310 e. The van der Waals surface area contributed by atoms with Gasteiger partial charge in [0.05, 0.1) is 4.92 Å². The van der Waals surface area contributed by atoms with E-state index in [1.54, 1.807) is 13.0 Å². The fourth-order valence-corrected chi connectivity index (χ4v) is 1.65. The summed E-state index contributed by atoms with van der Waals surface area (Å²) in [4.78, 5) is 21.4. The Kier molecular flexibility index (Phi) is 3.30. The van der Waals surface area contributed by atoms with Crippen molar-refractivity contribution < 1.29 is 19.3 Å². The molecule has 0 radical (unpaired) electrons. The van der Waals surface area contributed by atoms with Gasteiger partial charge >= 0.3 is 5.91 Å². The van der Waals surface area contributed by atoms with Crippen molar-refractivity contribution in [3.63, 3.8) is 0 Å². The van der Waals surface area contributed by atoms with Gasteiger partial charge in [0, 0.05) is 17.7 Å². The summed E-state index contributed by atoms with van der Waals surface area (Å²) >= 11 is 0. The number of furan rings is 1. The molecule has 19 heavy (non-hydrogen) atoms. The lowest BCUT2D eigenvalue weighted by molar-refractivity contribution is -0.384. The first-order valence-corrected chi connectivity index (χ1v) is 5.32. The number of hydrogen-bond donors (Lipinski definition) is 2. The lowest BCUT2D eigenvalue weighted by Crippen LogP contribution is -2.17. The largest absolute Gasteiger partial charge is 0.451 e. The van der Waals surface area contributed by atoms with Crippen LogP contribution in [0.5, 0.6) is 0 Å². The molecule has 0 spiro atoms. The first-order chi connectivity index (χ1) is 9.02. The van der Waals surface area contributed by atoms with Crippen LogP contribution in [0.4, 0.5) is 5.69 Å². The lowest BCUT2D eigenvalue weighted by atomic mass is 10.1. The molecule has 1 amide bonds. The predicted octanol–water partition coefficient (Wildman–Crippen LogP) is 2.28. The molecule has 0 aliphatic rings. The molecule has 0 saturated carbocycles. The van der Waals surface area contributed by atoms with Crippen molar-refractivity contribution in [2.24, 2.45) is 0 Å². The molecule has 0 aliphatic heterocycles. The molecule has 7 nitrogen and oxygen atoms in total. The van der Waals surface area contributed by atoms with E-state index in [2.05, 4.69) is 0 Å². The topological polar surface area (TPSA) is 106 Å². The number of hydroxylamine groups is 1. The molecule has 1 heterocycles. The number of nitro benzene ring substituents is 1. The minimum absolute atomic E-state index is 0.0647. The van der Waals surface area contributed by atoms with E-state index in [1.807, 2.05) is 0 Å². The molecule has 2 rings (SSSR count). The van der Waals surface area contributed by atoms with Gasteiger partial charge in [-0.15, -0.1) is 0 Å². The Labute approximate surface area is 107 Å². The second-order valence-electron chi connectivity index (χ2n) is 3.86. The minimum atomic E-state index is -0.783. The quantitative estimate of drug-likeness (QED) is 0.501. The molecule has 2 aromatic rings. The van der Waals surface area contributed by atoms with Crippen LogP contribution in [0.1, 0.15) is 16.1 Å². The van der Waals surface area contributed by atoms with Crippen molar-refractivity contribution in [1.82, 2.24) is 5.48 Å². The molecular weight excluding hydrogens is 252 g/mol. The number of carbonyl (C=O) groups is 1. The number of nitrogens with zero attached hydrogens (tertiary/aromatic N) is 1. The van der Waals surface area contributed by atoms with Gasteiger partial charge in [-0.2, -0.15) is 0 Å². The molecule has 2 N–H and O–H groups in total. The standard InChI is InChI=1S/C12H10N2O5/c1-7-2-3-8(14(17)18)6-9(7)10-4-5-11(19-10)12(15)13-16/h2-6,16H,1H3,(H,13,15). The number of benzene rings is 1. The summed E-state index contributed by atoms with van der Waals surface area (Å²) in [6.07, 6.45) is 0. The highest BCUT2D eigenvalue weighted by molar-refractivity contribution is 5.91. The molecule has 0 aliphatic carbocycles. The van der Waals surface area contributed by atoms with Gasteiger partial charge in [-0.05, 0) is 24.6 Å². The van der Waals surface area contributed by atoms with Crippen molar-refractivity contribution in [3.8, 4) is 11.3 Å². The summed E-state index contributed by atoms with van der Waals surface area (Å²) in [6.45, 7) is 1.77. The zero-order valence-corrected chi connectivity index (χ0v) is 9.91. The van der Waals surface area contributed by atoms with Gasteiger partial charge in [0.2, 0.25) is 0 Å². The van der Waals surface area contributed by atoms with Crippen LogP contribution in [0, 0.1) is 17.0 Å². The summed E-state index contributed by atoms with van der Waals surface area (Å²) in [5.41, 5.74) is 2.68. The molecule has 98 valence electrons. The van der Waals surface area contributed by atoms with Crippen molar-refractivity contribution in [2.45, 2.75) is 6.92 Å². The number of nitrogens with one attached hydrogen (secondary N) is 1. The second-order valence-corrected chi connectivity index (χ2v) is 3.86. The van der Waals surface area contributed by atoms with Crippen LogP contribution in [-0.4, -0.2) is 16.0 Å². The Bertz CT molecular complexity index is 647. The minimum Gasteiger partial charge on any atom is -0.451 e. The van der Waals surface area contributed by atoms with Crippen molar-refractivity contribution in [3.05, 3.63) is 51.8 Å². The number of nitro groups is 1. The van der Waals surface area contributed by atoms with E-state index in [0.717, 1.165) is 5.56 Å². The van der Waals surface area contributed by atoms with E-state index in [9.17, 15) is 14.9 Å².